The van der Waals surface area contributed by atoms with Gasteiger partial charge in [0.25, 0.3) is 0 Å². The summed E-state index contributed by atoms with van der Waals surface area (Å²) in [5.41, 5.74) is 0.856. The predicted octanol–water partition coefficient (Wildman–Crippen LogP) is 6.23. The molecule has 0 aliphatic rings. The molecule has 0 radical (unpaired) electrons. The Morgan fingerprint density at radius 3 is 2.64 bits per heavy atom. The third-order valence-electron chi connectivity index (χ3n) is 3.41. The van der Waals surface area contributed by atoms with Crippen LogP contribution in [0.25, 0.3) is 11.3 Å². The van der Waals surface area contributed by atoms with E-state index in [1.165, 1.54) is 23.5 Å². The van der Waals surface area contributed by atoms with Gasteiger partial charge < -0.3 is 10.1 Å². The van der Waals surface area contributed by atoms with Crippen molar-refractivity contribution in [3.8, 4) is 17.0 Å². The van der Waals surface area contributed by atoms with Crippen LogP contribution in [0.4, 0.5) is 24.0 Å². The van der Waals surface area contributed by atoms with Gasteiger partial charge in [-0.2, -0.15) is 13.2 Å². The van der Waals surface area contributed by atoms with Crippen LogP contribution in [-0.2, 0) is 6.18 Å². The zero-order valence-electron chi connectivity index (χ0n) is 12.9. The van der Waals surface area contributed by atoms with Gasteiger partial charge in [0.1, 0.15) is 5.75 Å². The van der Waals surface area contributed by atoms with Crippen LogP contribution in [0.2, 0.25) is 5.02 Å². The minimum absolute atomic E-state index is 0.262. The number of benzene rings is 2. The molecule has 0 spiro atoms. The summed E-state index contributed by atoms with van der Waals surface area (Å²) in [7, 11) is 1.57. The number of nitrogens with zero attached hydrogens (tertiary/aromatic N) is 1. The highest BCUT2D eigenvalue weighted by Gasteiger charge is 2.33. The fraction of sp³-hybridized carbons (Fsp3) is 0.118. The topological polar surface area (TPSA) is 34.1 Å². The third-order valence-corrected chi connectivity index (χ3v) is 4.50. The molecule has 0 saturated heterocycles. The first-order chi connectivity index (χ1) is 11.9. The molecule has 3 nitrogen and oxygen atoms in total. The Balaban J connectivity index is 1.87. The van der Waals surface area contributed by atoms with E-state index in [-0.39, 0.29) is 10.7 Å². The Labute approximate surface area is 151 Å². The van der Waals surface area contributed by atoms with Gasteiger partial charge in [-0.25, -0.2) is 4.98 Å². The standard InChI is InChI=1S/C17H12ClF3N2OS/c1-24-15-5-3-2-4-11(15)14-9-25-16(23-14)22-10-6-7-13(18)12(8-10)17(19,20)21/h2-9H,1H3,(H,22,23). The molecule has 0 amide bonds. The zero-order valence-corrected chi connectivity index (χ0v) is 14.5. The van der Waals surface area contributed by atoms with E-state index in [2.05, 4.69) is 10.3 Å². The Hall–Kier alpha value is -2.25. The van der Waals surface area contributed by atoms with E-state index < -0.39 is 11.7 Å². The normalized spacial score (nSPS) is 11.4. The zero-order chi connectivity index (χ0) is 18.0. The van der Waals surface area contributed by atoms with Crippen LogP contribution < -0.4 is 10.1 Å². The molecule has 0 saturated carbocycles. The predicted molar refractivity (Wildman–Crippen MR) is 93.8 cm³/mol. The quantitative estimate of drug-likeness (QED) is 0.578. The second-order valence-corrected chi connectivity index (χ2v) is 6.32. The highest BCUT2D eigenvalue weighted by Crippen LogP contribution is 2.37. The number of halogens is 4. The smallest absolute Gasteiger partial charge is 0.417 e. The van der Waals surface area contributed by atoms with E-state index in [1.807, 2.05) is 24.3 Å². The highest BCUT2D eigenvalue weighted by atomic mass is 35.5. The second-order valence-electron chi connectivity index (χ2n) is 5.06. The monoisotopic (exact) mass is 384 g/mol. The molecule has 130 valence electrons. The number of thiazole rings is 1. The third kappa shape index (κ3) is 3.88. The molecule has 3 aromatic rings. The SMILES string of the molecule is COc1ccccc1-c1csc(Nc2ccc(Cl)c(C(F)(F)F)c2)n1. The van der Waals surface area contributed by atoms with Gasteiger partial charge >= 0.3 is 6.18 Å². The number of rotatable bonds is 4. The van der Waals surface area contributed by atoms with Crippen LogP contribution in [0.15, 0.2) is 47.8 Å². The molecule has 25 heavy (non-hydrogen) atoms. The van der Waals surface area contributed by atoms with Crippen LogP contribution in [0.3, 0.4) is 0 Å². The molecule has 8 heteroatoms. The van der Waals surface area contributed by atoms with Crippen molar-refractivity contribution in [2.45, 2.75) is 6.18 Å². The largest absolute Gasteiger partial charge is 0.496 e. The van der Waals surface area contributed by atoms with Crippen molar-refractivity contribution in [3.63, 3.8) is 0 Å². The van der Waals surface area contributed by atoms with Crippen molar-refractivity contribution in [2.24, 2.45) is 0 Å². The molecular formula is C17H12ClF3N2OS. The number of nitrogens with one attached hydrogen (secondary N) is 1. The van der Waals surface area contributed by atoms with Crippen LogP contribution in [0.1, 0.15) is 5.56 Å². The average molecular weight is 385 g/mol. The average Bonchev–Trinajstić information content (AvgIpc) is 3.04. The minimum atomic E-state index is -4.51. The van der Waals surface area contributed by atoms with Crippen molar-refractivity contribution in [2.75, 3.05) is 12.4 Å². The number of para-hydroxylation sites is 1. The van der Waals surface area contributed by atoms with E-state index >= 15 is 0 Å². The van der Waals surface area contributed by atoms with Gasteiger partial charge in [0, 0.05) is 16.6 Å². The lowest BCUT2D eigenvalue weighted by Gasteiger charge is -2.11. The van der Waals surface area contributed by atoms with E-state index in [0.717, 1.165) is 11.6 Å². The second kappa shape index (κ2) is 6.93. The number of anilines is 2. The summed E-state index contributed by atoms with van der Waals surface area (Å²) in [4.78, 5) is 4.41. The fourth-order valence-electron chi connectivity index (χ4n) is 2.25. The maximum absolute atomic E-state index is 12.9. The van der Waals surface area contributed by atoms with E-state index in [0.29, 0.717) is 16.6 Å². The minimum Gasteiger partial charge on any atom is -0.496 e. The van der Waals surface area contributed by atoms with Gasteiger partial charge in [0.2, 0.25) is 0 Å². The Bertz CT molecular complexity index is 896. The Morgan fingerprint density at radius 2 is 1.92 bits per heavy atom. The number of methoxy groups -OCH3 is 1. The summed E-state index contributed by atoms with van der Waals surface area (Å²) in [5.74, 6) is 0.671. The van der Waals surface area contributed by atoms with Gasteiger partial charge in [-0.3, -0.25) is 0 Å². The molecule has 0 atom stereocenters. The van der Waals surface area contributed by atoms with Gasteiger partial charge in [-0.15, -0.1) is 11.3 Å². The number of aromatic nitrogens is 1. The van der Waals surface area contributed by atoms with Crippen molar-refractivity contribution >= 4 is 33.8 Å². The Morgan fingerprint density at radius 1 is 1.16 bits per heavy atom. The summed E-state index contributed by atoms with van der Waals surface area (Å²) >= 11 is 6.91. The van der Waals surface area contributed by atoms with E-state index in [4.69, 9.17) is 16.3 Å². The Kier molecular flexibility index (Phi) is 4.87. The van der Waals surface area contributed by atoms with Crippen LogP contribution in [0.5, 0.6) is 5.75 Å². The van der Waals surface area contributed by atoms with Crippen molar-refractivity contribution in [3.05, 3.63) is 58.4 Å². The number of hydrogen-bond donors (Lipinski definition) is 1. The number of hydrogen-bond acceptors (Lipinski definition) is 4. The summed E-state index contributed by atoms with van der Waals surface area (Å²) in [6.07, 6.45) is -4.51. The van der Waals surface area contributed by atoms with Crippen LogP contribution >= 0.6 is 22.9 Å². The number of ether oxygens (including phenoxy) is 1. The molecule has 3 rings (SSSR count). The van der Waals surface area contributed by atoms with E-state index in [9.17, 15) is 13.2 Å². The van der Waals surface area contributed by atoms with Crippen LogP contribution in [-0.4, -0.2) is 12.1 Å². The first-order valence-electron chi connectivity index (χ1n) is 7.11. The maximum Gasteiger partial charge on any atom is 0.417 e. The molecule has 2 aromatic carbocycles. The van der Waals surface area contributed by atoms with Gasteiger partial charge in [0.05, 0.1) is 23.4 Å². The first-order valence-corrected chi connectivity index (χ1v) is 8.37. The highest BCUT2D eigenvalue weighted by molar-refractivity contribution is 7.14. The lowest BCUT2D eigenvalue weighted by molar-refractivity contribution is -0.137. The van der Waals surface area contributed by atoms with Crippen molar-refractivity contribution < 1.29 is 17.9 Å². The van der Waals surface area contributed by atoms with Crippen LogP contribution in [0, 0.1) is 0 Å². The van der Waals surface area contributed by atoms with Gasteiger partial charge in [0.15, 0.2) is 5.13 Å². The lowest BCUT2D eigenvalue weighted by Crippen LogP contribution is -2.06. The molecule has 0 bridgehead atoms. The number of alkyl halides is 3. The molecular weight excluding hydrogens is 373 g/mol. The maximum atomic E-state index is 12.9. The summed E-state index contributed by atoms with van der Waals surface area (Å²) in [6.45, 7) is 0. The van der Waals surface area contributed by atoms with E-state index in [1.54, 1.807) is 12.5 Å². The molecule has 0 aliphatic carbocycles. The summed E-state index contributed by atoms with van der Waals surface area (Å²) in [5, 5.41) is 4.81. The molecule has 0 unspecified atom stereocenters. The molecule has 0 fully saturated rings. The lowest BCUT2D eigenvalue weighted by atomic mass is 10.1. The van der Waals surface area contributed by atoms with Gasteiger partial charge in [-0.1, -0.05) is 23.7 Å². The summed E-state index contributed by atoms with van der Waals surface area (Å²) in [6, 6.07) is 11.0. The molecule has 0 aliphatic heterocycles. The molecule has 1 N–H and O–H groups in total. The molecule has 1 aromatic heterocycles. The summed E-state index contributed by atoms with van der Waals surface area (Å²) < 4.78 is 44.1. The fourth-order valence-corrected chi connectivity index (χ4v) is 3.21. The van der Waals surface area contributed by atoms with Crippen molar-refractivity contribution in [1.82, 2.24) is 4.98 Å². The first kappa shape index (κ1) is 17.6. The van der Waals surface area contributed by atoms with Gasteiger partial charge in [-0.05, 0) is 30.3 Å². The van der Waals surface area contributed by atoms with Crippen molar-refractivity contribution in [1.29, 1.82) is 0 Å². The molecule has 1 heterocycles.